The molecule has 2 nitrogen and oxygen atoms in total. The number of halogens is 3. The Bertz CT molecular complexity index is 178. The molecule has 0 bridgehead atoms. The monoisotopic (exact) mass is 227 g/mol. The number of alkyl halides is 2. The lowest BCUT2D eigenvalue weighted by Gasteiger charge is -2.38. The predicted octanol–water partition coefficient (Wildman–Crippen LogP) is 1.97. The molecule has 0 radical (unpaired) electrons. The molecule has 1 N–H and O–H groups in total. The topological polar surface area (TPSA) is 21.3 Å². The van der Waals surface area contributed by atoms with Gasteiger partial charge in [-0.25, -0.2) is 8.78 Å². The molecule has 1 aliphatic carbocycles. The molecule has 0 aromatic carbocycles. The van der Waals surface area contributed by atoms with E-state index in [2.05, 4.69) is 5.32 Å². The Labute approximate surface area is 88.8 Å². The first kappa shape index (κ1) is 12.1. The highest BCUT2D eigenvalue weighted by atomic mass is 35.5. The number of ether oxygens (including phenoxy) is 1. The Kier molecular flexibility index (Phi) is 4.10. The first-order chi connectivity index (χ1) is 6.16. The van der Waals surface area contributed by atoms with E-state index in [1.807, 2.05) is 0 Å². The van der Waals surface area contributed by atoms with Gasteiger partial charge in [0.2, 0.25) is 0 Å². The summed E-state index contributed by atoms with van der Waals surface area (Å²) in [4.78, 5) is 0. The van der Waals surface area contributed by atoms with Crippen LogP contribution in [0.25, 0.3) is 0 Å². The maximum atomic E-state index is 12.5. The van der Waals surface area contributed by atoms with Crippen molar-refractivity contribution in [3.63, 3.8) is 0 Å². The molecule has 2 aliphatic rings. The molecule has 0 aromatic heterocycles. The van der Waals surface area contributed by atoms with E-state index in [1.54, 1.807) is 0 Å². The second-order valence-corrected chi connectivity index (χ2v) is 4.01. The lowest BCUT2D eigenvalue weighted by atomic mass is 9.87. The molecule has 0 unspecified atom stereocenters. The first-order valence-electron chi connectivity index (χ1n) is 4.87. The lowest BCUT2D eigenvalue weighted by Crippen LogP contribution is -2.52. The molecule has 0 spiro atoms. The molecule has 1 heterocycles. The highest BCUT2D eigenvalue weighted by molar-refractivity contribution is 5.85. The normalized spacial score (nSPS) is 27.9. The molecular formula is C9H16ClF2NO. The smallest absolute Gasteiger partial charge is 0.251 e. The van der Waals surface area contributed by atoms with Crippen molar-refractivity contribution in [3.8, 4) is 0 Å². The van der Waals surface area contributed by atoms with Gasteiger partial charge in [0.25, 0.3) is 5.92 Å². The predicted molar refractivity (Wildman–Crippen MR) is 52.2 cm³/mol. The maximum absolute atomic E-state index is 12.5. The first-order valence-corrected chi connectivity index (χ1v) is 4.87. The Balaban J connectivity index is 0.000000980. The molecule has 5 heteroatoms. The van der Waals surface area contributed by atoms with Gasteiger partial charge in [0, 0.05) is 38.1 Å². The minimum atomic E-state index is -2.40. The van der Waals surface area contributed by atoms with Gasteiger partial charge >= 0.3 is 0 Å². The third-order valence-corrected chi connectivity index (χ3v) is 2.78. The summed E-state index contributed by atoms with van der Waals surface area (Å²) < 4.78 is 30.1. The summed E-state index contributed by atoms with van der Waals surface area (Å²) >= 11 is 0. The molecule has 0 atom stereocenters. The van der Waals surface area contributed by atoms with Crippen LogP contribution < -0.4 is 5.32 Å². The van der Waals surface area contributed by atoms with Gasteiger partial charge in [-0.05, 0) is 12.8 Å². The van der Waals surface area contributed by atoms with E-state index >= 15 is 0 Å². The van der Waals surface area contributed by atoms with Gasteiger partial charge in [0.05, 0.1) is 0 Å². The summed E-state index contributed by atoms with van der Waals surface area (Å²) in [5.41, 5.74) is 0. The van der Waals surface area contributed by atoms with E-state index in [1.165, 1.54) is 0 Å². The Hall–Kier alpha value is 0.0700. The van der Waals surface area contributed by atoms with Crippen molar-refractivity contribution in [1.82, 2.24) is 5.32 Å². The van der Waals surface area contributed by atoms with Crippen LogP contribution in [0.15, 0.2) is 0 Å². The summed E-state index contributed by atoms with van der Waals surface area (Å²) in [6.07, 6.45) is 1.96. The summed E-state index contributed by atoms with van der Waals surface area (Å²) in [5.74, 6) is -2.40. The van der Waals surface area contributed by atoms with E-state index in [-0.39, 0.29) is 31.3 Å². The van der Waals surface area contributed by atoms with E-state index in [0.29, 0.717) is 6.04 Å². The van der Waals surface area contributed by atoms with Crippen LogP contribution in [0.2, 0.25) is 0 Å². The van der Waals surface area contributed by atoms with Gasteiger partial charge in [-0.3, -0.25) is 0 Å². The average molecular weight is 228 g/mol. The highest BCUT2D eigenvalue weighted by Gasteiger charge is 2.45. The molecule has 0 amide bonds. The fourth-order valence-corrected chi connectivity index (χ4v) is 1.98. The van der Waals surface area contributed by atoms with E-state index in [4.69, 9.17) is 4.74 Å². The van der Waals surface area contributed by atoms with Gasteiger partial charge in [-0.2, -0.15) is 0 Å². The van der Waals surface area contributed by atoms with E-state index in [9.17, 15) is 8.78 Å². The second kappa shape index (κ2) is 4.73. The van der Waals surface area contributed by atoms with Crippen molar-refractivity contribution in [3.05, 3.63) is 0 Å². The Morgan fingerprint density at radius 3 is 2.14 bits per heavy atom. The number of hydrogen-bond acceptors (Lipinski definition) is 2. The minimum Gasteiger partial charge on any atom is -0.381 e. The maximum Gasteiger partial charge on any atom is 0.251 e. The largest absolute Gasteiger partial charge is 0.381 e. The van der Waals surface area contributed by atoms with Crippen molar-refractivity contribution >= 4 is 12.4 Å². The SMILES string of the molecule is Cl.FC1(F)CC(NC2CCOCC2)C1. The lowest BCUT2D eigenvalue weighted by molar-refractivity contribution is -0.0968. The fraction of sp³-hybridized carbons (Fsp3) is 1.00. The molecular weight excluding hydrogens is 212 g/mol. The third kappa shape index (κ3) is 3.04. The summed E-state index contributed by atoms with van der Waals surface area (Å²) in [6.45, 7) is 1.53. The van der Waals surface area contributed by atoms with Crippen molar-refractivity contribution < 1.29 is 13.5 Å². The summed E-state index contributed by atoms with van der Waals surface area (Å²) in [5, 5.41) is 3.25. The van der Waals surface area contributed by atoms with E-state index in [0.717, 1.165) is 26.1 Å². The zero-order valence-corrected chi connectivity index (χ0v) is 8.79. The molecule has 2 fully saturated rings. The van der Waals surface area contributed by atoms with Crippen LogP contribution in [0, 0.1) is 0 Å². The minimum absolute atomic E-state index is 0. The molecule has 14 heavy (non-hydrogen) atoms. The number of rotatable bonds is 2. The van der Waals surface area contributed by atoms with Gasteiger partial charge in [-0.15, -0.1) is 12.4 Å². The van der Waals surface area contributed by atoms with Gasteiger partial charge in [0.15, 0.2) is 0 Å². The van der Waals surface area contributed by atoms with Crippen molar-refractivity contribution in [2.75, 3.05) is 13.2 Å². The fourth-order valence-electron chi connectivity index (χ4n) is 1.98. The van der Waals surface area contributed by atoms with Crippen LogP contribution in [-0.2, 0) is 4.74 Å². The quantitative estimate of drug-likeness (QED) is 0.779. The molecule has 84 valence electrons. The van der Waals surface area contributed by atoms with Crippen LogP contribution in [0.4, 0.5) is 8.78 Å². The molecule has 2 rings (SSSR count). The zero-order chi connectivity index (χ0) is 9.31. The third-order valence-electron chi connectivity index (χ3n) is 2.78. The van der Waals surface area contributed by atoms with Crippen LogP contribution in [0.5, 0.6) is 0 Å². The Morgan fingerprint density at radius 2 is 1.64 bits per heavy atom. The number of nitrogens with one attached hydrogen (secondary N) is 1. The van der Waals surface area contributed by atoms with Crippen LogP contribution in [0.1, 0.15) is 25.7 Å². The van der Waals surface area contributed by atoms with Crippen molar-refractivity contribution in [1.29, 1.82) is 0 Å². The van der Waals surface area contributed by atoms with E-state index < -0.39 is 5.92 Å². The van der Waals surface area contributed by atoms with Crippen molar-refractivity contribution in [2.24, 2.45) is 0 Å². The molecule has 1 aliphatic heterocycles. The van der Waals surface area contributed by atoms with Gasteiger partial charge < -0.3 is 10.1 Å². The van der Waals surface area contributed by atoms with Crippen LogP contribution in [-0.4, -0.2) is 31.2 Å². The van der Waals surface area contributed by atoms with Gasteiger partial charge in [0.1, 0.15) is 0 Å². The molecule has 1 saturated heterocycles. The highest BCUT2D eigenvalue weighted by Crippen LogP contribution is 2.37. The number of hydrogen-bond donors (Lipinski definition) is 1. The summed E-state index contributed by atoms with van der Waals surface area (Å²) in [7, 11) is 0. The average Bonchev–Trinajstić information content (AvgIpc) is 2.03. The molecule has 0 aromatic rings. The van der Waals surface area contributed by atoms with Crippen LogP contribution >= 0.6 is 12.4 Å². The summed E-state index contributed by atoms with van der Waals surface area (Å²) in [6, 6.07) is 0.438. The van der Waals surface area contributed by atoms with Crippen molar-refractivity contribution in [2.45, 2.75) is 43.7 Å². The van der Waals surface area contributed by atoms with Crippen LogP contribution in [0.3, 0.4) is 0 Å². The molecule has 1 saturated carbocycles. The second-order valence-electron chi connectivity index (χ2n) is 4.01. The zero-order valence-electron chi connectivity index (χ0n) is 7.97. The Morgan fingerprint density at radius 1 is 1.07 bits per heavy atom. The standard InChI is InChI=1S/C9H15F2NO.ClH/c10-9(11)5-8(6-9)12-7-1-3-13-4-2-7;/h7-8,12H,1-6H2;1H. The van der Waals surface area contributed by atoms with Gasteiger partial charge in [-0.1, -0.05) is 0 Å².